The molecule has 0 radical (unpaired) electrons. The number of rotatable bonds is 14. The molecule has 406 valence electrons. The molecule has 3 aromatic carbocycles. The van der Waals surface area contributed by atoms with Crippen molar-refractivity contribution in [3.63, 3.8) is 0 Å². The van der Waals surface area contributed by atoms with E-state index in [4.69, 9.17) is 46.7 Å². The van der Waals surface area contributed by atoms with Gasteiger partial charge in [-0.2, -0.15) is 15.0 Å². The van der Waals surface area contributed by atoms with Crippen LogP contribution in [-0.2, 0) is 9.47 Å². The summed E-state index contributed by atoms with van der Waals surface area (Å²) in [5.74, 6) is -0.645. The molecule has 10 heterocycles. The molecule has 0 aliphatic carbocycles. The number of terminal acetylenes is 1. The Kier molecular flexibility index (Phi) is 13.7. The SMILES string of the molecule is C#Cc1c(F)ccc2cccc(-c3ncc4c(N5CC6CCC(C5)N6)nc(OCCN5CCN([C@H]6CCN(CCOc7ccc(-c8nc9nc(O[C@@H]%10CO[C@H]%11[C@@H]%10OC[C@H]%11O)[nH]c9cc8Cl)cc7)CC6(F)F)CC5)nc4c3F)c12. The highest BCUT2D eigenvalue weighted by molar-refractivity contribution is 6.33. The predicted molar refractivity (Wildman–Crippen MR) is 283 cm³/mol. The molecule has 78 heavy (non-hydrogen) atoms. The van der Waals surface area contributed by atoms with Crippen molar-refractivity contribution < 1.29 is 46.4 Å². The second kappa shape index (κ2) is 21.0. The van der Waals surface area contributed by atoms with Crippen LogP contribution in [0.1, 0.15) is 24.8 Å². The number of nitrogens with zero attached hydrogens (tertiary/aromatic N) is 9. The molecule has 6 aliphatic heterocycles. The van der Waals surface area contributed by atoms with Gasteiger partial charge in [0.2, 0.25) is 0 Å². The molecule has 0 spiro atoms. The first-order valence-corrected chi connectivity index (χ1v) is 26.9. The van der Waals surface area contributed by atoms with Gasteiger partial charge in [-0.25, -0.2) is 22.5 Å². The number of likely N-dealkylation sites (tertiary alicyclic amines) is 1. The normalized spacial score (nSPS) is 25.5. The van der Waals surface area contributed by atoms with E-state index in [2.05, 4.69) is 46.0 Å². The van der Waals surface area contributed by atoms with Gasteiger partial charge in [-0.3, -0.25) is 19.7 Å². The van der Waals surface area contributed by atoms with Crippen molar-refractivity contribution in [3.05, 3.63) is 89.1 Å². The van der Waals surface area contributed by atoms with E-state index in [9.17, 15) is 9.50 Å². The minimum atomic E-state index is -2.92. The van der Waals surface area contributed by atoms with Gasteiger partial charge in [0, 0.05) is 93.7 Å². The molecule has 2 unspecified atom stereocenters. The average molecular weight is 1090 g/mol. The summed E-state index contributed by atoms with van der Waals surface area (Å²) in [5, 5.41) is 15.6. The number of ether oxygens (including phenoxy) is 5. The number of imidazole rings is 1. The smallest absolute Gasteiger partial charge is 0.319 e. The van der Waals surface area contributed by atoms with Crippen LogP contribution in [0, 0.1) is 24.0 Å². The number of halogens is 5. The quantitative estimate of drug-likeness (QED) is 0.0815. The summed E-state index contributed by atoms with van der Waals surface area (Å²) in [4.78, 5) is 34.3. The zero-order chi connectivity index (χ0) is 53.2. The average Bonchev–Trinajstić information content (AvgIpc) is 4.35. The molecule has 4 aromatic heterocycles. The fourth-order valence-electron chi connectivity index (χ4n) is 12.2. The first-order valence-electron chi connectivity index (χ1n) is 26.6. The van der Waals surface area contributed by atoms with Crippen LogP contribution in [0.3, 0.4) is 0 Å². The van der Waals surface area contributed by atoms with E-state index in [0.717, 1.165) is 18.4 Å². The van der Waals surface area contributed by atoms with Gasteiger partial charge in [0.25, 0.3) is 11.9 Å². The number of piperazine rings is 2. The number of anilines is 1. The van der Waals surface area contributed by atoms with Gasteiger partial charge in [-0.05, 0) is 61.0 Å². The molecular weight excluding hydrogens is 1030 g/mol. The Bertz CT molecular complexity index is 3430. The zero-order valence-corrected chi connectivity index (χ0v) is 43.1. The van der Waals surface area contributed by atoms with Crippen molar-refractivity contribution in [2.45, 2.75) is 67.7 Å². The van der Waals surface area contributed by atoms with E-state index in [0.29, 0.717) is 120 Å². The van der Waals surface area contributed by atoms with E-state index in [1.165, 1.54) is 6.07 Å². The first kappa shape index (κ1) is 51.0. The van der Waals surface area contributed by atoms with Crippen molar-refractivity contribution >= 4 is 50.3 Å². The van der Waals surface area contributed by atoms with E-state index in [-0.39, 0.29) is 80.0 Å². The molecule has 22 heteroatoms. The van der Waals surface area contributed by atoms with Gasteiger partial charge in [0.15, 0.2) is 17.6 Å². The maximum absolute atomic E-state index is 17.0. The third-order valence-corrected chi connectivity index (χ3v) is 16.4. The predicted octanol–water partition coefficient (Wildman–Crippen LogP) is 6.33. The van der Waals surface area contributed by atoms with Gasteiger partial charge in [0.1, 0.15) is 60.1 Å². The maximum atomic E-state index is 17.0. The number of aromatic amines is 1. The monoisotopic (exact) mass is 1090 g/mol. The molecule has 7 atom stereocenters. The van der Waals surface area contributed by atoms with Crippen molar-refractivity contribution in [2.24, 2.45) is 0 Å². The Morgan fingerprint density at radius 2 is 1.63 bits per heavy atom. The van der Waals surface area contributed by atoms with Crippen LogP contribution in [0.15, 0.2) is 66.9 Å². The van der Waals surface area contributed by atoms with Gasteiger partial charge in [-0.15, -0.1) is 6.42 Å². The van der Waals surface area contributed by atoms with Crippen molar-refractivity contribution in [3.8, 4) is 52.6 Å². The summed E-state index contributed by atoms with van der Waals surface area (Å²) < 4.78 is 93.4. The summed E-state index contributed by atoms with van der Waals surface area (Å²) in [6.45, 7) is 5.34. The van der Waals surface area contributed by atoms with Gasteiger partial charge >= 0.3 is 6.01 Å². The third-order valence-electron chi connectivity index (χ3n) is 16.1. The summed E-state index contributed by atoms with van der Waals surface area (Å²) in [6, 6.07) is 17.0. The highest BCUT2D eigenvalue weighted by Crippen LogP contribution is 2.39. The molecular formula is C56H56ClF4N11O6. The van der Waals surface area contributed by atoms with Gasteiger partial charge in [0.05, 0.1) is 53.0 Å². The van der Waals surface area contributed by atoms with Crippen molar-refractivity contribution in [2.75, 3.05) is 96.8 Å². The number of aliphatic hydroxyl groups excluding tert-OH is 1. The number of alkyl halides is 2. The molecule has 3 N–H and O–H groups in total. The van der Waals surface area contributed by atoms with Crippen LogP contribution >= 0.6 is 11.6 Å². The van der Waals surface area contributed by atoms with E-state index >= 15 is 13.2 Å². The first-order chi connectivity index (χ1) is 37.9. The number of fused-ring (bicyclic) bond motifs is 6. The highest BCUT2D eigenvalue weighted by Gasteiger charge is 2.49. The molecule has 17 nitrogen and oxygen atoms in total. The standard InChI is InChI=1S/C56H56ClF4N11O6/c1-2-36-40(58)13-8-31-4-3-5-37(45(31)36)48-46(59)49-38(25-62-48)53(72-26-33-9-10-34(27-72)63-33)68-54(66-49)75-23-20-69-16-18-71(19-17-69)44-14-15-70(30-56(44,60)61)21-22-74-35-11-6-32(7-12-35)47-39(57)24-41-52(65-47)67-55(64-41)78-43-29-77-50-42(73)28-76-51(43)50/h1,3-8,11-13,24-25,33-34,42-44,50-51,63,73H,9-10,14-23,26-30H2,(H,64,65,67)/t33?,34?,42-,43-,44+,50-,51-/m1/s1. The third kappa shape index (κ3) is 9.80. The fourth-order valence-corrected chi connectivity index (χ4v) is 12.5. The van der Waals surface area contributed by atoms with E-state index in [1.807, 2.05) is 17.0 Å². The lowest BCUT2D eigenvalue weighted by Crippen LogP contribution is -2.62. The van der Waals surface area contributed by atoms with E-state index in [1.54, 1.807) is 53.6 Å². The number of pyridine rings is 2. The number of hydrogen-bond donors (Lipinski definition) is 3. The topological polar surface area (TPSA) is 172 Å². The number of nitrogens with one attached hydrogen (secondary N) is 2. The number of piperidine rings is 1. The Hall–Kier alpha value is -6.48. The highest BCUT2D eigenvalue weighted by atomic mass is 35.5. The van der Waals surface area contributed by atoms with Crippen LogP contribution in [0.4, 0.5) is 23.4 Å². The summed E-state index contributed by atoms with van der Waals surface area (Å²) in [6.07, 6.45) is 7.79. The molecule has 0 saturated carbocycles. The Morgan fingerprint density at radius 1 is 0.846 bits per heavy atom. The molecule has 6 fully saturated rings. The van der Waals surface area contributed by atoms with Gasteiger partial charge < -0.3 is 44.0 Å². The van der Waals surface area contributed by atoms with Crippen molar-refractivity contribution in [1.82, 2.24) is 49.9 Å². The summed E-state index contributed by atoms with van der Waals surface area (Å²) in [7, 11) is 0. The molecule has 2 bridgehead atoms. The van der Waals surface area contributed by atoms with Crippen LogP contribution in [0.25, 0.3) is 55.4 Å². The van der Waals surface area contributed by atoms with E-state index < -0.39 is 41.9 Å². The molecule has 0 amide bonds. The molecule has 6 saturated heterocycles. The van der Waals surface area contributed by atoms with Crippen LogP contribution in [0.5, 0.6) is 17.8 Å². The second-order valence-corrected chi connectivity index (χ2v) is 21.4. The Morgan fingerprint density at radius 3 is 2.42 bits per heavy atom. The largest absolute Gasteiger partial charge is 0.492 e. The van der Waals surface area contributed by atoms with Crippen LogP contribution in [0.2, 0.25) is 5.02 Å². The molecule has 7 aromatic rings. The zero-order valence-electron chi connectivity index (χ0n) is 42.4. The number of aromatic nitrogens is 6. The minimum absolute atomic E-state index is 0.0141. The number of aliphatic hydroxyl groups is 1. The van der Waals surface area contributed by atoms with Crippen LogP contribution < -0.4 is 24.4 Å². The van der Waals surface area contributed by atoms with Gasteiger partial charge in [-0.1, -0.05) is 41.8 Å². The minimum Gasteiger partial charge on any atom is -0.492 e. The molecule has 6 aliphatic rings. The fraction of sp³-hybridized carbons (Fsp3) is 0.446. The number of H-pyrrole nitrogens is 1. The Labute approximate surface area is 451 Å². The lowest BCUT2D eigenvalue weighted by molar-refractivity contribution is -0.134. The lowest BCUT2D eigenvalue weighted by atomic mass is 9.96. The Balaban J connectivity index is 0.601. The molecule has 13 rings (SSSR count). The van der Waals surface area contributed by atoms with Crippen molar-refractivity contribution in [1.29, 1.82) is 0 Å². The summed E-state index contributed by atoms with van der Waals surface area (Å²) >= 11 is 6.67. The lowest BCUT2D eigenvalue weighted by Gasteiger charge is -2.46. The maximum Gasteiger partial charge on any atom is 0.319 e. The number of hydrogen-bond acceptors (Lipinski definition) is 16. The van der Waals surface area contributed by atoms with Crippen LogP contribution in [-0.4, -0.2) is 190 Å². The summed E-state index contributed by atoms with van der Waals surface area (Å²) in [5.41, 5.74) is 2.66. The second-order valence-electron chi connectivity index (χ2n) is 21.0. The number of benzene rings is 3.